The molecule has 126 valence electrons. The molecular formula is C18H20N2O4. The van der Waals surface area contributed by atoms with Crippen molar-refractivity contribution in [3.05, 3.63) is 53.6 Å². The van der Waals surface area contributed by atoms with Crippen molar-refractivity contribution in [2.24, 2.45) is 5.73 Å². The van der Waals surface area contributed by atoms with Gasteiger partial charge in [0.2, 0.25) is 11.8 Å². The number of hydrogen-bond acceptors (Lipinski definition) is 4. The highest BCUT2D eigenvalue weighted by atomic mass is 16.5. The van der Waals surface area contributed by atoms with Crippen molar-refractivity contribution in [3.8, 4) is 11.5 Å². The van der Waals surface area contributed by atoms with E-state index in [0.29, 0.717) is 17.2 Å². The Morgan fingerprint density at radius 1 is 0.917 bits per heavy atom. The van der Waals surface area contributed by atoms with Crippen LogP contribution in [-0.2, 0) is 22.4 Å². The normalized spacial score (nSPS) is 10.1. The number of methoxy groups -OCH3 is 2. The first-order valence-electron chi connectivity index (χ1n) is 7.40. The summed E-state index contributed by atoms with van der Waals surface area (Å²) in [7, 11) is 3.11. The molecule has 2 rings (SSSR count). The molecule has 24 heavy (non-hydrogen) atoms. The minimum Gasteiger partial charge on any atom is -0.493 e. The lowest BCUT2D eigenvalue weighted by Crippen LogP contribution is -2.15. The highest BCUT2D eigenvalue weighted by Crippen LogP contribution is 2.27. The molecule has 6 nitrogen and oxygen atoms in total. The van der Waals surface area contributed by atoms with Gasteiger partial charge in [0.05, 0.1) is 27.1 Å². The van der Waals surface area contributed by atoms with Crippen LogP contribution in [0.15, 0.2) is 42.5 Å². The van der Waals surface area contributed by atoms with Crippen LogP contribution >= 0.6 is 0 Å². The van der Waals surface area contributed by atoms with Crippen molar-refractivity contribution < 1.29 is 19.1 Å². The van der Waals surface area contributed by atoms with Crippen LogP contribution in [0, 0.1) is 0 Å². The Kier molecular flexibility index (Phi) is 5.78. The molecule has 0 aliphatic carbocycles. The third-order valence-corrected chi connectivity index (χ3v) is 3.43. The number of carbonyl (C=O) groups is 2. The number of primary amides is 1. The first-order valence-corrected chi connectivity index (χ1v) is 7.40. The van der Waals surface area contributed by atoms with E-state index in [0.717, 1.165) is 11.1 Å². The van der Waals surface area contributed by atoms with E-state index in [1.165, 1.54) is 0 Å². The topological polar surface area (TPSA) is 90.6 Å². The molecule has 2 aromatic rings. The Hall–Kier alpha value is -3.02. The van der Waals surface area contributed by atoms with Crippen LogP contribution in [0.3, 0.4) is 0 Å². The molecule has 6 heteroatoms. The van der Waals surface area contributed by atoms with Crippen LogP contribution < -0.4 is 20.5 Å². The average Bonchev–Trinajstić information content (AvgIpc) is 2.56. The number of nitrogens with one attached hydrogen (secondary N) is 1. The molecule has 0 spiro atoms. The summed E-state index contributed by atoms with van der Waals surface area (Å²) < 4.78 is 10.4. The van der Waals surface area contributed by atoms with Crippen LogP contribution in [0.5, 0.6) is 11.5 Å². The zero-order valence-electron chi connectivity index (χ0n) is 13.7. The van der Waals surface area contributed by atoms with E-state index in [1.807, 2.05) is 6.07 Å². The molecule has 0 bridgehead atoms. The molecule has 2 aromatic carbocycles. The highest BCUT2D eigenvalue weighted by molar-refractivity contribution is 5.92. The number of amides is 2. The maximum atomic E-state index is 12.1. The second-order valence-electron chi connectivity index (χ2n) is 5.25. The van der Waals surface area contributed by atoms with E-state index in [2.05, 4.69) is 5.32 Å². The maximum absolute atomic E-state index is 12.1. The van der Waals surface area contributed by atoms with Gasteiger partial charge in [0.25, 0.3) is 0 Å². The summed E-state index contributed by atoms with van der Waals surface area (Å²) in [6, 6.07) is 12.4. The van der Waals surface area contributed by atoms with Crippen LogP contribution in [0.4, 0.5) is 5.69 Å². The molecule has 3 N–H and O–H groups in total. The van der Waals surface area contributed by atoms with E-state index in [-0.39, 0.29) is 24.7 Å². The number of nitrogens with two attached hydrogens (primary N) is 1. The number of hydrogen-bond donors (Lipinski definition) is 2. The van der Waals surface area contributed by atoms with Crippen molar-refractivity contribution in [1.82, 2.24) is 0 Å². The zero-order chi connectivity index (χ0) is 17.5. The Bertz CT molecular complexity index is 726. The SMILES string of the molecule is COc1ccc(CC(=O)Nc2ccc(CC(N)=O)cc2)cc1OC. The largest absolute Gasteiger partial charge is 0.493 e. The van der Waals surface area contributed by atoms with Crippen LogP contribution in [0.2, 0.25) is 0 Å². The summed E-state index contributed by atoms with van der Waals surface area (Å²) in [6.07, 6.45) is 0.392. The van der Waals surface area contributed by atoms with Gasteiger partial charge in [0.15, 0.2) is 11.5 Å². The molecule has 0 aromatic heterocycles. The lowest BCUT2D eigenvalue weighted by molar-refractivity contribution is -0.117. The average molecular weight is 328 g/mol. The van der Waals surface area contributed by atoms with Gasteiger partial charge in [0, 0.05) is 5.69 Å². The zero-order valence-corrected chi connectivity index (χ0v) is 13.7. The quantitative estimate of drug-likeness (QED) is 0.812. The first kappa shape index (κ1) is 17.3. The third kappa shape index (κ3) is 4.74. The summed E-state index contributed by atoms with van der Waals surface area (Å²) in [5.41, 5.74) is 7.43. The predicted molar refractivity (Wildman–Crippen MR) is 91.2 cm³/mol. The molecule has 0 aliphatic rings. The fraction of sp³-hybridized carbons (Fsp3) is 0.222. The van der Waals surface area contributed by atoms with Gasteiger partial charge < -0.3 is 20.5 Å². The Morgan fingerprint density at radius 2 is 1.54 bits per heavy atom. The van der Waals surface area contributed by atoms with Gasteiger partial charge in [-0.15, -0.1) is 0 Å². The lowest BCUT2D eigenvalue weighted by atomic mass is 10.1. The fourth-order valence-electron chi connectivity index (χ4n) is 2.29. The minimum absolute atomic E-state index is 0.148. The third-order valence-electron chi connectivity index (χ3n) is 3.43. The first-order chi connectivity index (χ1) is 11.5. The van der Waals surface area contributed by atoms with E-state index >= 15 is 0 Å². The Labute approximate surface area is 140 Å². The number of rotatable bonds is 7. The Morgan fingerprint density at radius 3 is 2.12 bits per heavy atom. The van der Waals surface area contributed by atoms with Crippen LogP contribution in [-0.4, -0.2) is 26.0 Å². The van der Waals surface area contributed by atoms with E-state index in [1.54, 1.807) is 50.6 Å². The second kappa shape index (κ2) is 8.01. The predicted octanol–water partition coefficient (Wildman–Crippen LogP) is 1.91. The molecule has 0 saturated carbocycles. The second-order valence-corrected chi connectivity index (χ2v) is 5.25. The molecule has 0 aliphatic heterocycles. The van der Waals surface area contributed by atoms with E-state index in [4.69, 9.17) is 15.2 Å². The number of anilines is 1. The fourth-order valence-corrected chi connectivity index (χ4v) is 2.29. The summed E-state index contributed by atoms with van der Waals surface area (Å²) >= 11 is 0. The molecule has 2 amide bonds. The summed E-state index contributed by atoms with van der Waals surface area (Å²) in [5.74, 6) is 0.662. The van der Waals surface area contributed by atoms with Gasteiger partial charge in [0.1, 0.15) is 0 Å². The lowest BCUT2D eigenvalue weighted by Gasteiger charge is -2.10. The molecule has 0 heterocycles. The van der Waals surface area contributed by atoms with Gasteiger partial charge in [-0.25, -0.2) is 0 Å². The molecule has 0 saturated heterocycles. The molecular weight excluding hydrogens is 308 g/mol. The van der Waals surface area contributed by atoms with Crippen molar-refractivity contribution >= 4 is 17.5 Å². The van der Waals surface area contributed by atoms with E-state index < -0.39 is 0 Å². The van der Waals surface area contributed by atoms with Gasteiger partial charge in [-0.1, -0.05) is 18.2 Å². The highest BCUT2D eigenvalue weighted by Gasteiger charge is 2.09. The van der Waals surface area contributed by atoms with Crippen molar-refractivity contribution in [1.29, 1.82) is 0 Å². The minimum atomic E-state index is -0.389. The summed E-state index contributed by atoms with van der Waals surface area (Å²) in [5, 5.41) is 2.81. The van der Waals surface area contributed by atoms with Gasteiger partial charge >= 0.3 is 0 Å². The van der Waals surface area contributed by atoms with Crippen LogP contribution in [0.25, 0.3) is 0 Å². The molecule has 0 atom stereocenters. The smallest absolute Gasteiger partial charge is 0.228 e. The number of benzene rings is 2. The monoisotopic (exact) mass is 328 g/mol. The van der Waals surface area contributed by atoms with Gasteiger partial charge in [-0.3, -0.25) is 9.59 Å². The number of ether oxygens (including phenoxy) is 2. The standard InChI is InChI=1S/C18H20N2O4/c1-23-15-8-5-13(9-16(15)24-2)11-18(22)20-14-6-3-12(4-7-14)10-17(19)21/h3-9H,10-11H2,1-2H3,(H2,19,21)(H,20,22). The molecule has 0 fully saturated rings. The Balaban J connectivity index is 1.99. The summed E-state index contributed by atoms with van der Waals surface area (Å²) in [6.45, 7) is 0. The molecule has 0 unspecified atom stereocenters. The van der Waals surface area contributed by atoms with Crippen LogP contribution in [0.1, 0.15) is 11.1 Å². The van der Waals surface area contributed by atoms with Gasteiger partial charge in [-0.2, -0.15) is 0 Å². The molecule has 0 radical (unpaired) electrons. The van der Waals surface area contributed by atoms with Crippen molar-refractivity contribution in [3.63, 3.8) is 0 Å². The van der Waals surface area contributed by atoms with Crippen molar-refractivity contribution in [2.45, 2.75) is 12.8 Å². The maximum Gasteiger partial charge on any atom is 0.228 e. The van der Waals surface area contributed by atoms with E-state index in [9.17, 15) is 9.59 Å². The number of carbonyl (C=O) groups excluding carboxylic acids is 2. The summed E-state index contributed by atoms with van der Waals surface area (Å²) in [4.78, 5) is 23.0. The van der Waals surface area contributed by atoms with Crippen molar-refractivity contribution in [2.75, 3.05) is 19.5 Å². The van der Waals surface area contributed by atoms with Gasteiger partial charge in [-0.05, 0) is 35.4 Å².